The summed E-state index contributed by atoms with van der Waals surface area (Å²) in [4.78, 5) is 4.15. The van der Waals surface area contributed by atoms with Gasteiger partial charge in [-0.15, -0.1) is 0 Å². The molecule has 102 valence electrons. The van der Waals surface area contributed by atoms with Crippen LogP contribution in [-0.4, -0.2) is 24.8 Å². The Kier molecular flexibility index (Phi) is 5.68. The molecule has 0 saturated carbocycles. The summed E-state index contributed by atoms with van der Waals surface area (Å²) >= 11 is 5.89. The van der Waals surface area contributed by atoms with Crippen LogP contribution in [0.2, 0.25) is 5.02 Å². The summed E-state index contributed by atoms with van der Waals surface area (Å²) in [5, 5.41) is 3.28. The van der Waals surface area contributed by atoms with Crippen molar-refractivity contribution in [3.63, 3.8) is 0 Å². The minimum Gasteiger partial charge on any atom is -0.375 e. The number of anilines is 1. The van der Waals surface area contributed by atoms with E-state index in [4.69, 9.17) is 16.3 Å². The summed E-state index contributed by atoms with van der Waals surface area (Å²) in [5.74, 6) is 0.633. The Hall–Kier alpha value is -1.01. The van der Waals surface area contributed by atoms with Gasteiger partial charge in [-0.1, -0.05) is 11.6 Å². The lowest BCUT2D eigenvalue weighted by atomic mass is 10.3. The minimum atomic E-state index is -4.13. The highest BCUT2D eigenvalue weighted by Gasteiger charge is 2.25. The first-order valence-electron chi connectivity index (χ1n) is 5.40. The molecule has 18 heavy (non-hydrogen) atoms. The molecule has 1 aromatic heterocycles. The Morgan fingerprint density at radius 2 is 2.11 bits per heavy atom. The molecule has 3 nitrogen and oxygen atoms in total. The number of alkyl halides is 3. The Bertz CT molecular complexity index is 385. The van der Waals surface area contributed by atoms with Gasteiger partial charge in [0.05, 0.1) is 17.3 Å². The fourth-order valence-electron chi connectivity index (χ4n) is 1.27. The highest BCUT2D eigenvalue weighted by Crippen LogP contribution is 2.21. The van der Waals surface area contributed by atoms with E-state index in [1.165, 1.54) is 0 Å². The lowest BCUT2D eigenvalue weighted by Gasteiger charge is -2.08. The summed E-state index contributed by atoms with van der Waals surface area (Å²) in [6.07, 6.45) is -5.04. The van der Waals surface area contributed by atoms with Gasteiger partial charge in [-0.25, -0.2) is 4.98 Å². The molecule has 1 aromatic rings. The smallest absolute Gasteiger partial charge is 0.375 e. The van der Waals surface area contributed by atoms with E-state index in [1.54, 1.807) is 19.2 Å². The van der Waals surface area contributed by atoms with Crippen LogP contribution in [0.5, 0.6) is 0 Å². The lowest BCUT2D eigenvalue weighted by molar-refractivity contribution is -0.138. The van der Waals surface area contributed by atoms with Crippen molar-refractivity contribution in [2.75, 3.05) is 19.0 Å². The molecule has 0 radical (unpaired) electrons. The Labute approximate surface area is 108 Å². The molecular formula is C11H14ClF3N2O. The zero-order chi connectivity index (χ0) is 13.6. The molecule has 1 heterocycles. The van der Waals surface area contributed by atoms with Gasteiger partial charge >= 0.3 is 6.18 Å². The van der Waals surface area contributed by atoms with E-state index in [9.17, 15) is 13.2 Å². The number of rotatable bonds is 6. The highest BCUT2D eigenvalue weighted by molar-refractivity contribution is 6.31. The summed E-state index contributed by atoms with van der Waals surface area (Å²) in [7, 11) is 1.71. The molecule has 0 aliphatic rings. The first kappa shape index (κ1) is 15.0. The van der Waals surface area contributed by atoms with Crippen molar-refractivity contribution in [3.05, 3.63) is 22.8 Å². The largest absolute Gasteiger partial charge is 0.389 e. The summed E-state index contributed by atoms with van der Waals surface area (Å²) in [5.41, 5.74) is 0.510. The van der Waals surface area contributed by atoms with Gasteiger partial charge in [0.2, 0.25) is 0 Å². The number of nitrogens with one attached hydrogen (secondary N) is 1. The van der Waals surface area contributed by atoms with Crippen LogP contribution < -0.4 is 5.32 Å². The normalized spacial score (nSPS) is 11.6. The number of hydrogen-bond acceptors (Lipinski definition) is 3. The molecule has 0 spiro atoms. The second-order valence-corrected chi connectivity index (χ2v) is 4.05. The fraction of sp³-hybridized carbons (Fsp3) is 0.545. The number of ether oxygens (including phenoxy) is 1. The number of nitrogens with zero attached hydrogens (tertiary/aromatic N) is 1. The molecule has 0 fully saturated rings. The lowest BCUT2D eigenvalue weighted by Crippen LogP contribution is -2.09. The molecule has 0 aromatic carbocycles. The van der Waals surface area contributed by atoms with Crippen molar-refractivity contribution in [2.24, 2.45) is 0 Å². The molecule has 0 aliphatic carbocycles. The van der Waals surface area contributed by atoms with Crippen molar-refractivity contribution in [1.29, 1.82) is 0 Å². The first-order valence-corrected chi connectivity index (χ1v) is 5.78. The Balaban J connectivity index is 2.35. The average molecular weight is 283 g/mol. The summed E-state index contributed by atoms with van der Waals surface area (Å²) in [6.45, 7) is 0.132. The summed E-state index contributed by atoms with van der Waals surface area (Å²) in [6, 6.07) is 3.37. The van der Waals surface area contributed by atoms with E-state index >= 15 is 0 Å². The summed E-state index contributed by atoms with van der Waals surface area (Å²) < 4.78 is 40.7. The molecule has 0 aliphatic heterocycles. The molecule has 7 heteroatoms. The zero-order valence-corrected chi connectivity index (χ0v) is 10.6. The van der Waals surface area contributed by atoms with Crippen LogP contribution in [0.4, 0.5) is 19.0 Å². The minimum absolute atomic E-state index is 0.0291. The van der Waals surface area contributed by atoms with Crippen LogP contribution in [0, 0.1) is 0 Å². The molecular weight excluding hydrogens is 269 g/mol. The van der Waals surface area contributed by atoms with Gasteiger partial charge in [0.1, 0.15) is 5.82 Å². The van der Waals surface area contributed by atoms with Gasteiger partial charge in [-0.05, 0) is 18.6 Å². The third-order valence-corrected chi connectivity index (χ3v) is 2.51. The molecule has 0 unspecified atom stereocenters. The third kappa shape index (κ3) is 5.55. The van der Waals surface area contributed by atoms with Crippen molar-refractivity contribution in [2.45, 2.75) is 25.6 Å². The SMILES string of the molecule is CNc1ccc(Cl)c(COCCCC(F)(F)F)n1. The monoisotopic (exact) mass is 282 g/mol. The standard InChI is InChI=1S/C11H14ClF3N2O/c1-16-10-4-3-8(12)9(17-10)7-18-6-2-5-11(13,14)15/h3-4H,2,5-7H2,1H3,(H,16,17). The molecule has 0 amide bonds. The molecule has 0 bridgehead atoms. The van der Waals surface area contributed by atoms with E-state index in [-0.39, 0.29) is 19.6 Å². The fourth-order valence-corrected chi connectivity index (χ4v) is 1.43. The first-order chi connectivity index (χ1) is 8.42. The molecule has 1 N–H and O–H groups in total. The van der Waals surface area contributed by atoms with Crippen LogP contribution >= 0.6 is 11.6 Å². The van der Waals surface area contributed by atoms with Crippen molar-refractivity contribution in [1.82, 2.24) is 4.98 Å². The van der Waals surface area contributed by atoms with E-state index < -0.39 is 12.6 Å². The van der Waals surface area contributed by atoms with Crippen LogP contribution in [0.15, 0.2) is 12.1 Å². The van der Waals surface area contributed by atoms with Crippen LogP contribution in [0.1, 0.15) is 18.5 Å². The second-order valence-electron chi connectivity index (χ2n) is 3.65. The quantitative estimate of drug-likeness (QED) is 0.809. The van der Waals surface area contributed by atoms with Crippen molar-refractivity contribution in [3.8, 4) is 0 Å². The Morgan fingerprint density at radius 3 is 2.72 bits per heavy atom. The second kappa shape index (κ2) is 6.80. The number of halogens is 4. The van der Waals surface area contributed by atoms with Gasteiger partial charge in [-0.2, -0.15) is 13.2 Å². The molecule has 1 rings (SSSR count). The van der Waals surface area contributed by atoms with Gasteiger partial charge in [0.25, 0.3) is 0 Å². The van der Waals surface area contributed by atoms with Gasteiger partial charge in [0.15, 0.2) is 0 Å². The van der Waals surface area contributed by atoms with Crippen molar-refractivity contribution >= 4 is 17.4 Å². The maximum Gasteiger partial charge on any atom is 0.389 e. The zero-order valence-electron chi connectivity index (χ0n) is 9.85. The molecule has 0 atom stereocenters. The average Bonchev–Trinajstić information content (AvgIpc) is 2.29. The predicted molar refractivity (Wildman–Crippen MR) is 63.7 cm³/mol. The van der Waals surface area contributed by atoms with Gasteiger partial charge < -0.3 is 10.1 Å². The van der Waals surface area contributed by atoms with E-state index in [1.807, 2.05) is 0 Å². The number of aromatic nitrogens is 1. The molecule has 0 saturated heterocycles. The highest BCUT2D eigenvalue weighted by atomic mass is 35.5. The van der Waals surface area contributed by atoms with Gasteiger partial charge in [0, 0.05) is 20.1 Å². The van der Waals surface area contributed by atoms with E-state index in [0.29, 0.717) is 16.5 Å². The van der Waals surface area contributed by atoms with E-state index in [2.05, 4.69) is 10.3 Å². The van der Waals surface area contributed by atoms with Gasteiger partial charge in [-0.3, -0.25) is 0 Å². The third-order valence-electron chi connectivity index (χ3n) is 2.16. The number of hydrogen-bond donors (Lipinski definition) is 1. The van der Waals surface area contributed by atoms with Crippen LogP contribution in [-0.2, 0) is 11.3 Å². The number of pyridine rings is 1. The van der Waals surface area contributed by atoms with E-state index in [0.717, 1.165) is 0 Å². The van der Waals surface area contributed by atoms with Crippen LogP contribution in [0.3, 0.4) is 0 Å². The van der Waals surface area contributed by atoms with Crippen LogP contribution in [0.25, 0.3) is 0 Å². The maximum absolute atomic E-state index is 11.9. The topological polar surface area (TPSA) is 34.1 Å². The Morgan fingerprint density at radius 1 is 1.39 bits per heavy atom. The van der Waals surface area contributed by atoms with Crippen molar-refractivity contribution < 1.29 is 17.9 Å². The predicted octanol–water partition coefficient (Wildman–Crippen LogP) is 3.64. The maximum atomic E-state index is 11.9.